The molecule has 0 saturated carbocycles. The fourth-order valence-electron chi connectivity index (χ4n) is 2.98. The molecule has 219 valence electrons. The van der Waals surface area contributed by atoms with Gasteiger partial charge in [-0.15, -0.1) is 0 Å². The molecule has 0 heterocycles. The average molecular weight is 665 g/mol. The van der Waals surface area contributed by atoms with Crippen LogP contribution in [-0.4, -0.2) is 66.9 Å². The Morgan fingerprint density at radius 1 is 0.405 bits per heavy atom. The summed E-state index contributed by atoms with van der Waals surface area (Å²) in [6.07, 6.45) is 14.4. The molecule has 10 heteroatoms. The van der Waals surface area contributed by atoms with Gasteiger partial charge in [0, 0.05) is 39.3 Å². The van der Waals surface area contributed by atoms with Crippen molar-refractivity contribution in [1.29, 1.82) is 0 Å². The third kappa shape index (κ3) is 33.0. The van der Waals surface area contributed by atoms with Crippen molar-refractivity contribution in [2.75, 3.05) is 39.3 Å². The molecule has 0 aromatic carbocycles. The first-order valence-corrected chi connectivity index (χ1v) is 16.5. The van der Waals surface area contributed by atoms with Crippen LogP contribution in [0.5, 0.6) is 0 Å². The Morgan fingerprint density at radius 3 is 0.622 bits per heavy atom. The van der Waals surface area contributed by atoms with Crippen LogP contribution in [-0.2, 0) is 55.2 Å². The summed E-state index contributed by atoms with van der Waals surface area (Å²) in [5, 5.41) is 0. The first-order valence-electron chi connectivity index (χ1n) is 14.0. The Bertz CT molecular complexity index is 431. The second-order valence-corrected chi connectivity index (χ2v) is 12.0. The Kier molecular flexibility index (Phi) is 42.3. The van der Waals surface area contributed by atoms with E-state index in [1.807, 2.05) is 0 Å². The van der Waals surface area contributed by atoms with E-state index in [2.05, 4.69) is 56.2 Å². The predicted octanol–water partition coefficient (Wildman–Crippen LogP) is 8.16. The third-order valence-electron chi connectivity index (χ3n) is 5.46. The van der Waals surface area contributed by atoms with Gasteiger partial charge in [-0.25, -0.2) is 0 Å². The van der Waals surface area contributed by atoms with Gasteiger partial charge in [0.25, 0.3) is 0 Å². The molecular formula is C27H54CrN3S6. The normalized spacial score (nSPS) is 9.57. The van der Waals surface area contributed by atoms with Gasteiger partial charge in [-0.05, 0) is 38.5 Å². The van der Waals surface area contributed by atoms with Crippen molar-refractivity contribution in [3.05, 3.63) is 0 Å². The second-order valence-electron chi connectivity index (χ2n) is 8.88. The van der Waals surface area contributed by atoms with Crippen LogP contribution < -0.4 is 0 Å². The molecule has 0 N–H and O–H groups in total. The van der Waals surface area contributed by atoms with E-state index in [1.54, 1.807) is 0 Å². The first-order chi connectivity index (χ1) is 17.2. The molecular weight excluding hydrogens is 611 g/mol. The quantitative estimate of drug-likeness (QED) is 0.105. The van der Waals surface area contributed by atoms with Crippen molar-refractivity contribution in [3.63, 3.8) is 0 Å². The van der Waals surface area contributed by atoms with Gasteiger partial charge in [0.2, 0.25) is 0 Å². The van der Waals surface area contributed by atoms with Crippen LogP contribution >= 0.6 is 36.7 Å². The number of thiocarbonyl (C=S) groups is 3. The van der Waals surface area contributed by atoms with Crippen molar-refractivity contribution < 1.29 is 17.4 Å². The van der Waals surface area contributed by atoms with Crippen molar-refractivity contribution in [2.24, 2.45) is 0 Å². The van der Waals surface area contributed by atoms with E-state index >= 15 is 0 Å². The van der Waals surface area contributed by atoms with E-state index < -0.39 is 0 Å². The third-order valence-corrected chi connectivity index (χ3v) is 7.01. The number of unbranched alkanes of at least 4 members (excludes halogenated alkanes) is 6. The predicted molar refractivity (Wildman–Crippen MR) is 184 cm³/mol. The molecule has 0 unspecified atom stereocenters. The SMILES string of the molecule is CCCCN(CCCC)C(=S)[S-].CCCCN(CCCC)C(=S)[S-].CCCCN(CCCC)C(=S)[S-].[Cr+3]. The molecule has 0 aliphatic heterocycles. The van der Waals surface area contributed by atoms with Crippen molar-refractivity contribution in [1.82, 2.24) is 14.7 Å². The van der Waals surface area contributed by atoms with Crippen LogP contribution in [0.25, 0.3) is 0 Å². The fourth-order valence-corrected chi connectivity index (χ4v) is 4.07. The standard InChI is InChI=1S/3C9H19NS2.Cr/c3*1-3-5-7-10(9(11)12)8-6-4-2;/h3*3-8H2,1-2H3,(H,11,12);/q;;;+3/p-3. The molecule has 0 rings (SSSR count). The molecule has 0 amide bonds. The van der Waals surface area contributed by atoms with Crippen LogP contribution in [0.3, 0.4) is 0 Å². The molecule has 0 atom stereocenters. The van der Waals surface area contributed by atoms with Gasteiger partial charge in [0.15, 0.2) is 0 Å². The number of hydrogen-bond acceptors (Lipinski definition) is 6. The number of nitrogens with zero attached hydrogens (tertiary/aromatic N) is 3. The Hall–Kier alpha value is 0.862. The zero-order valence-corrected chi connectivity index (χ0v) is 30.6. The monoisotopic (exact) mass is 664 g/mol. The van der Waals surface area contributed by atoms with Crippen molar-refractivity contribution in [3.8, 4) is 0 Å². The van der Waals surface area contributed by atoms with Gasteiger partial charge in [-0.3, -0.25) is 0 Å². The molecule has 0 aliphatic rings. The van der Waals surface area contributed by atoms with E-state index in [-0.39, 0.29) is 17.4 Å². The topological polar surface area (TPSA) is 9.72 Å². The summed E-state index contributed by atoms with van der Waals surface area (Å²) in [4.78, 5) is 6.41. The summed E-state index contributed by atoms with van der Waals surface area (Å²) in [6, 6.07) is 0. The van der Waals surface area contributed by atoms with Gasteiger partial charge < -0.3 is 89.2 Å². The Balaban J connectivity index is -0.000000218. The summed E-state index contributed by atoms with van der Waals surface area (Å²) >= 11 is 29.9. The van der Waals surface area contributed by atoms with E-state index in [0.717, 1.165) is 39.3 Å². The Labute approximate surface area is 275 Å². The van der Waals surface area contributed by atoms with E-state index in [0.29, 0.717) is 13.0 Å². The Morgan fingerprint density at radius 2 is 0.541 bits per heavy atom. The molecule has 0 aromatic rings. The van der Waals surface area contributed by atoms with Crippen LogP contribution in [0.1, 0.15) is 119 Å². The van der Waals surface area contributed by atoms with E-state index in [4.69, 9.17) is 74.5 Å². The maximum atomic E-state index is 4.98. The number of rotatable bonds is 18. The maximum absolute atomic E-state index is 4.98. The molecule has 0 fully saturated rings. The number of hydrogen-bond donors (Lipinski definition) is 0. The fraction of sp³-hybridized carbons (Fsp3) is 0.889. The molecule has 0 aliphatic carbocycles. The van der Waals surface area contributed by atoms with Crippen LogP contribution in [0.15, 0.2) is 0 Å². The molecule has 37 heavy (non-hydrogen) atoms. The minimum atomic E-state index is 0. The molecule has 0 saturated heterocycles. The minimum Gasteiger partial charge on any atom is -0.411 e. The summed E-state index contributed by atoms with van der Waals surface area (Å²) in [7, 11) is 0. The zero-order valence-electron chi connectivity index (χ0n) is 24.4. The molecule has 3 nitrogen and oxygen atoms in total. The van der Waals surface area contributed by atoms with Gasteiger partial charge in [-0.1, -0.05) is 93.0 Å². The van der Waals surface area contributed by atoms with Gasteiger partial charge in [-0.2, -0.15) is 0 Å². The minimum absolute atomic E-state index is 0. The molecule has 0 aromatic heterocycles. The van der Waals surface area contributed by atoms with Crippen molar-refractivity contribution in [2.45, 2.75) is 119 Å². The summed E-state index contributed by atoms with van der Waals surface area (Å²) in [5.74, 6) is 0. The molecule has 0 bridgehead atoms. The summed E-state index contributed by atoms with van der Waals surface area (Å²) in [5.41, 5.74) is 0. The van der Waals surface area contributed by atoms with Gasteiger partial charge >= 0.3 is 17.4 Å². The first kappa shape index (κ1) is 44.9. The van der Waals surface area contributed by atoms with E-state index in [9.17, 15) is 0 Å². The van der Waals surface area contributed by atoms with Gasteiger partial charge in [0.1, 0.15) is 0 Å². The largest absolute Gasteiger partial charge is 3.00 e. The molecule has 0 spiro atoms. The molecule has 1 radical (unpaired) electrons. The van der Waals surface area contributed by atoms with Crippen LogP contribution in [0.4, 0.5) is 0 Å². The zero-order chi connectivity index (χ0) is 28.2. The second kappa shape index (κ2) is 34.9. The summed E-state index contributed by atoms with van der Waals surface area (Å²) < 4.78 is 1.91. The van der Waals surface area contributed by atoms with Crippen molar-refractivity contribution >= 4 is 87.5 Å². The summed E-state index contributed by atoms with van der Waals surface area (Å²) in [6.45, 7) is 19.4. The van der Waals surface area contributed by atoms with E-state index in [1.165, 1.54) is 77.0 Å². The van der Waals surface area contributed by atoms with Gasteiger partial charge in [0.05, 0.1) is 0 Å². The maximum Gasteiger partial charge on any atom is 3.00 e. The van der Waals surface area contributed by atoms with Crippen LogP contribution in [0, 0.1) is 0 Å². The average Bonchev–Trinajstić information content (AvgIpc) is 2.84. The van der Waals surface area contributed by atoms with Crippen LogP contribution in [0.2, 0.25) is 0 Å². The smallest absolute Gasteiger partial charge is 0.411 e.